The predicted octanol–water partition coefficient (Wildman–Crippen LogP) is 3.32. The lowest BCUT2D eigenvalue weighted by Crippen LogP contribution is -1.79. The summed E-state index contributed by atoms with van der Waals surface area (Å²) in [6, 6.07) is 7.68. The standard InChI is InChI=1S/C12H8N4OS2/c1-18-12-15-16-6-8(14-11(16)19-12)10-13-7-4-2-3-5-9(7)17-10/h2-6H,1H3. The Morgan fingerprint density at radius 1 is 1.26 bits per heavy atom. The van der Waals surface area contributed by atoms with Gasteiger partial charge in [-0.1, -0.05) is 35.2 Å². The Kier molecular flexibility index (Phi) is 2.36. The molecule has 0 saturated heterocycles. The number of thioether (sulfide) groups is 1. The minimum atomic E-state index is 0.532. The number of aromatic nitrogens is 4. The van der Waals surface area contributed by atoms with E-state index in [0.29, 0.717) is 11.6 Å². The Balaban J connectivity index is 1.86. The highest BCUT2D eigenvalue weighted by Gasteiger charge is 2.14. The van der Waals surface area contributed by atoms with Gasteiger partial charge in [0.1, 0.15) is 11.2 Å². The molecule has 19 heavy (non-hydrogen) atoms. The Morgan fingerprint density at radius 3 is 2.95 bits per heavy atom. The first-order chi connectivity index (χ1) is 9.33. The Morgan fingerprint density at radius 2 is 2.16 bits per heavy atom. The fourth-order valence-electron chi connectivity index (χ4n) is 1.85. The number of imidazole rings is 1. The summed E-state index contributed by atoms with van der Waals surface area (Å²) in [5, 5.41) is 4.40. The molecule has 0 aliphatic heterocycles. The molecule has 0 spiro atoms. The number of hydrogen-bond donors (Lipinski definition) is 0. The van der Waals surface area contributed by atoms with Gasteiger partial charge in [-0.3, -0.25) is 0 Å². The second-order valence-corrected chi connectivity index (χ2v) is 5.92. The van der Waals surface area contributed by atoms with Crippen LogP contribution in [0.5, 0.6) is 0 Å². The molecule has 0 fully saturated rings. The lowest BCUT2D eigenvalue weighted by Gasteiger charge is -1.85. The van der Waals surface area contributed by atoms with Crippen molar-refractivity contribution < 1.29 is 4.42 Å². The van der Waals surface area contributed by atoms with Gasteiger partial charge in [0.2, 0.25) is 10.9 Å². The van der Waals surface area contributed by atoms with Gasteiger partial charge < -0.3 is 4.42 Å². The second-order valence-electron chi connectivity index (χ2n) is 3.91. The highest BCUT2D eigenvalue weighted by Crippen LogP contribution is 2.27. The largest absolute Gasteiger partial charge is 0.435 e. The van der Waals surface area contributed by atoms with Gasteiger partial charge >= 0.3 is 0 Å². The molecule has 7 heteroatoms. The molecule has 5 nitrogen and oxygen atoms in total. The van der Waals surface area contributed by atoms with Crippen LogP contribution in [-0.4, -0.2) is 25.8 Å². The highest BCUT2D eigenvalue weighted by molar-refractivity contribution is 8.00. The number of nitrogens with zero attached hydrogens (tertiary/aromatic N) is 4. The molecule has 1 aromatic carbocycles. The fourth-order valence-corrected chi connectivity index (χ4v) is 3.19. The van der Waals surface area contributed by atoms with Crippen LogP contribution in [0.1, 0.15) is 0 Å². The summed E-state index contributed by atoms with van der Waals surface area (Å²) in [7, 11) is 0. The van der Waals surface area contributed by atoms with Gasteiger partial charge in [-0.05, 0) is 18.4 Å². The van der Waals surface area contributed by atoms with Gasteiger partial charge in [-0.2, -0.15) is 0 Å². The molecule has 0 aliphatic rings. The van der Waals surface area contributed by atoms with E-state index in [1.165, 1.54) is 0 Å². The van der Waals surface area contributed by atoms with Crippen LogP contribution in [0.4, 0.5) is 0 Å². The first-order valence-electron chi connectivity index (χ1n) is 5.59. The number of para-hydroxylation sites is 2. The van der Waals surface area contributed by atoms with E-state index in [4.69, 9.17) is 4.42 Å². The zero-order valence-electron chi connectivity index (χ0n) is 9.90. The molecule has 4 aromatic rings. The third-order valence-corrected chi connectivity index (χ3v) is 4.61. The number of benzene rings is 1. The van der Waals surface area contributed by atoms with Crippen molar-refractivity contribution in [2.45, 2.75) is 4.34 Å². The molecule has 94 valence electrons. The average Bonchev–Trinajstić information content (AvgIpc) is 3.09. The molecule has 0 aliphatic carbocycles. The predicted molar refractivity (Wildman–Crippen MR) is 75.6 cm³/mol. The number of oxazole rings is 1. The van der Waals surface area contributed by atoms with E-state index in [0.717, 1.165) is 20.4 Å². The monoisotopic (exact) mass is 288 g/mol. The molecule has 0 radical (unpaired) electrons. The summed E-state index contributed by atoms with van der Waals surface area (Å²) in [5.41, 5.74) is 2.32. The maximum Gasteiger partial charge on any atom is 0.247 e. The maximum absolute atomic E-state index is 5.69. The fraction of sp³-hybridized carbons (Fsp3) is 0.0833. The number of rotatable bonds is 2. The smallest absolute Gasteiger partial charge is 0.247 e. The van der Waals surface area contributed by atoms with E-state index in [9.17, 15) is 0 Å². The van der Waals surface area contributed by atoms with E-state index < -0.39 is 0 Å². The molecular weight excluding hydrogens is 280 g/mol. The zero-order valence-corrected chi connectivity index (χ0v) is 11.5. The van der Waals surface area contributed by atoms with Crippen LogP contribution < -0.4 is 0 Å². The third kappa shape index (κ3) is 1.73. The van der Waals surface area contributed by atoms with Crippen LogP contribution in [-0.2, 0) is 0 Å². The normalized spacial score (nSPS) is 11.6. The van der Waals surface area contributed by atoms with Gasteiger partial charge in [-0.15, -0.1) is 5.10 Å². The molecule has 0 unspecified atom stereocenters. The topological polar surface area (TPSA) is 56.2 Å². The first-order valence-corrected chi connectivity index (χ1v) is 7.64. The summed E-state index contributed by atoms with van der Waals surface area (Å²) in [5.74, 6) is 0.532. The summed E-state index contributed by atoms with van der Waals surface area (Å²) in [4.78, 5) is 9.77. The molecule has 0 N–H and O–H groups in total. The second kappa shape index (κ2) is 4.07. The van der Waals surface area contributed by atoms with Crippen molar-refractivity contribution in [1.29, 1.82) is 0 Å². The van der Waals surface area contributed by atoms with E-state index in [1.54, 1.807) is 27.6 Å². The average molecular weight is 288 g/mol. The molecule has 0 atom stereocenters. The van der Waals surface area contributed by atoms with Crippen molar-refractivity contribution in [3.05, 3.63) is 30.5 Å². The summed E-state index contributed by atoms with van der Waals surface area (Å²) >= 11 is 3.17. The van der Waals surface area contributed by atoms with Crippen molar-refractivity contribution in [3.8, 4) is 11.6 Å². The van der Waals surface area contributed by atoms with Crippen LogP contribution in [0, 0.1) is 0 Å². The van der Waals surface area contributed by atoms with Crippen LogP contribution in [0.15, 0.2) is 39.2 Å². The van der Waals surface area contributed by atoms with Crippen molar-refractivity contribution in [1.82, 2.24) is 19.6 Å². The molecule has 3 aromatic heterocycles. The molecular formula is C12H8N4OS2. The zero-order chi connectivity index (χ0) is 12.8. The van der Waals surface area contributed by atoms with Crippen molar-refractivity contribution in [3.63, 3.8) is 0 Å². The van der Waals surface area contributed by atoms with Crippen molar-refractivity contribution in [2.24, 2.45) is 0 Å². The highest BCUT2D eigenvalue weighted by atomic mass is 32.2. The van der Waals surface area contributed by atoms with Gasteiger partial charge in [0.05, 0.1) is 6.20 Å². The quantitative estimate of drug-likeness (QED) is 0.530. The molecule has 4 rings (SSSR count). The molecule has 0 amide bonds. The van der Waals surface area contributed by atoms with E-state index in [2.05, 4.69) is 15.1 Å². The van der Waals surface area contributed by atoms with Crippen LogP contribution in [0.2, 0.25) is 0 Å². The van der Waals surface area contributed by atoms with Gasteiger partial charge in [-0.25, -0.2) is 14.5 Å². The number of fused-ring (bicyclic) bond motifs is 2. The maximum atomic E-state index is 5.69. The van der Waals surface area contributed by atoms with Gasteiger partial charge in [0.25, 0.3) is 0 Å². The molecule has 3 heterocycles. The van der Waals surface area contributed by atoms with Crippen LogP contribution in [0.3, 0.4) is 0 Å². The Hall–Kier alpha value is -1.86. The van der Waals surface area contributed by atoms with Gasteiger partial charge in [0, 0.05) is 0 Å². The van der Waals surface area contributed by atoms with Gasteiger partial charge in [0.15, 0.2) is 9.92 Å². The minimum Gasteiger partial charge on any atom is -0.435 e. The minimum absolute atomic E-state index is 0.532. The van der Waals surface area contributed by atoms with Crippen LogP contribution in [0.25, 0.3) is 27.6 Å². The van der Waals surface area contributed by atoms with Crippen LogP contribution >= 0.6 is 23.1 Å². The SMILES string of the molecule is CSc1nn2cc(-c3nc4ccccc4o3)nc2s1. The summed E-state index contributed by atoms with van der Waals surface area (Å²) in [6.07, 6.45) is 3.84. The molecule has 0 saturated carbocycles. The lowest BCUT2D eigenvalue weighted by atomic mass is 10.3. The van der Waals surface area contributed by atoms with Crippen molar-refractivity contribution in [2.75, 3.05) is 6.26 Å². The first kappa shape index (κ1) is 11.0. The van der Waals surface area contributed by atoms with E-state index in [1.807, 2.05) is 36.7 Å². The Labute approximate surface area is 116 Å². The van der Waals surface area contributed by atoms with Crippen molar-refractivity contribution >= 4 is 39.2 Å². The molecule has 0 bridgehead atoms. The number of hydrogen-bond acceptors (Lipinski definition) is 6. The van der Waals surface area contributed by atoms with E-state index in [-0.39, 0.29) is 0 Å². The lowest BCUT2D eigenvalue weighted by molar-refractivity contribution is 0.617. The summed E-state index contributed by atoms with van der Waals surface area (Å²) in [6.45, 7) is 0. The van der Waals surface area contributed by atoms with E-state index >= 15 is 0 Å². The Bertz CT molecular complexity index is 812. The third-order valence-electron chi connectivity index (χ3n) is 2.71. The summed E-state index contributed by atoms with van der Waals surface area (Å²) < 4.78 is 8.45.